The molecule has 4 atom stereocenters. The number of halogens is 2. The van der Waals surface area contributed by atoms with Crippen molar-refractivity contribution < 1.29 is 32.3 Å². The number of rotatable bonds is 7. The summed E-state index contributed by atoms with van der Waals surface area (Å²) in [6.45, 7) is 5.40. The van der Waals surface area contributed by atoms with Crippen molar-refractivity contribution in [1.82, 2.24) is 15.1 Å². The first-order valence-electron chi connectivity index (χ1n) is 15.3. The van der Waals surface area contributed by atoms with Crippen molar-refractivity contribution in [2.45, 2.75) is 31.8 Å². The van der Waals surface area contributed by atoms with Crippen LogP contribution in [0.25, 0.3) is 0 Å². The third-order valence-electron chi connectivity index (χ3n) is 8.98. The van der Waals surface area contributed by atoms with Gasteiger partial charge in [-0.15, -0.1) is 0 Å². The number of methoxy groups -OCH3 is 1. The van der Waals surface area contributed by atoms with E-state index in [4.69, 9.17) is 9.15 Å². The van der Waals surface area contributed by atoms with Gasteiger partial charge in [0.05, 0.1) is 24.6 Å². The van der Waals surface area contributed by atoms with Gasteiger partial charge in [-0.1, -0.05) is 30.3 Å². The van der Waals surface area contributed by atoms with Gasteiger partial charge in [0.1, 0.15) is 34.9 Å². The average Bonchev–Trinajstić information content (AvgIpc) is 3.61. The number of carbonyl (C=O) groups excluding carboxylic acids is 3. The fourth-order valence-electron chi connectivity index (χ4n) is 6.89. The van der Waals surface area contributed by atoms with E-state index in [2.05, 4.69) is 5.32 Å². The molecule has 46 heavy (non-hydrogen) atoms. The van der Waals surface area contributed by atoms with Crippen LogP contribution in [0.1, 0.15) is 55.3 Å². The highest BCUT2D eigenvalue weighted by Crippen LogP contribution is 2.52. The maximum absolute atomic E-state index is 14.9. The van der Waals surface area contributed by atoms with Crippen molar-refractivity contribution in [1.29, 1.82) is 0 Å². The maximum Gasteiger partial charge on any atom is 0.255 e. The van der Waals surface area contributed by atoms with Gasteiger partial charge in [-0.3, -0.25) is 14.4 Å². The SMILES string of the molecule is COc1ccc(C2C(C(=O)c3cc(C)oc3C)C(c3ccc(F)cc3)N(C(=O)c3cccc(F)c3)C2C(=O)N2CCNCC2)cc1. The van der Waals surface area contributed by atoms with Gasteiger partial charge in [0, 0.05) is 37.7 Å². The van der Waals surface area contributed by atoms with E-state index in [1.807, 2.05) is 0 Å². The molecule has 2 fully saturated rings. The minimum absolute atomic E-state index is 0.0298. The molecule has 2 aliphatic rings. The molecule has 4 aromatic rings. The van der Waals surface area contributed by atoms with Crippen molar-refractivity contribution in [3.63, 3.8) is 0 Å². The minimum Gasteiger partial charge on any atom is -0.497 e. The molecule has 0 spiro atoms. The van der Waals surface area contributed by atoms with Crippen LogP contribution in [0.5, 0.6) is 5.75 Å². The minimum atomic E-state index is -1.15. The summed E-state index contributed by atoms with van der Waals surface area (Å²) in [7, 11) is 1.54. The van der Waals surface area contributed by atoms with Crippen molar-refractivity contribution in [2.24, 2.45) is 5.92 Å². The Kier molecular flexibility index (Phi) is 8.73. The van der Waals surface area contributed by atoms with Gasteiger partial charge >= 0.3 is 0 Å². The predicted molar refractivity (Wildman–Crippen MR) is 167 cm³/mol. The zero-order chi connectivity index (χ0) is 32.5. The topological polar surface area (TPSA) is 92.1 Å². The van der Waals surface area contributed by atoms with Gasteiger partial charge in [0.15, 0.2) is 5.78 Å². The molecule has 3 heterocycles. The Morgan fingerprint density at radius 2 is 1.54 bits per heavy atom. The number of amides is 2. The summed E-state index contributed by atoms with van der Waals surface area (Å²) in [4.78, 5) is 47.4. The zero-order valence-electron chi connectivity index (χ0n) is 25.8. The number of piperazine rings is 1. The van der Waals surface area contributed by atoms with E-state index >= 15 is 0 Å². The van der Waals surface area contributed by atoms with Gasteiger partial charge in [0.2, 0.25) is 5.91 Å². The number of hydrogen-bond donors (Lipinski definition) is 1. The third kappa shape index (κ3) is 5.80. The molecule has 0 saturated carbocycles. The van der Waals surface area contributed by atoms with Crippen LogP contribution in [0.15, 0.2) is 83.3 Å². The highest BCUT2D eigenvalue weighted by Gasteiger charge is 2.58. The van der Waals surface area contributed by atoms with E-state index in [-0.39, 0.29) is 17.3 Å². The third-order valence-corrected chi connectivity index (χ3v) is 8.98. The number of likely N-dealkylation sites (tertiary alicyclic amines) is 1. The molecule has 3 aromatic carbocycles. The first-order valence-corrected chi connectivity index (χ1v) is 15.3. The van der Waals surface area contributed by atoms with Crippen LogP contribution < -0.4 is 10.1 Å². The second-order valence-electron chi connectivity index (χ2n) is 11.8. The fraction of sp³-hybridized carbons (Fsp3) is 0.306. The van der Waals surface area contributed by atoms with Crippen molar-refractivity contribution >= 4 is 17.6 Å². The number of Topliss-reactive ketones (excluding diaryl/α,β-unsaturated/α-hetero) is 1. The zero-order valence-corrected chi connectivity index (χ0v) is 25.8. The Bertz CT molecular complexity index is 1750. The Morgan fingerprint density at radius 3 is 2.15 bits per heavy atom. The van der Waals surface area contributed by atoms with Crippen LogP contribution in [0.3, 0.4) is 0 Å². The number of benzene rings is 3. The number of carbonyl (C=O) groups is 3. The molecule has 2 aliphatic heterocycles. The molecular formula is C36H35F2N3O5. The summed E-state index contributed by atoms with van der Waals surface area (Å²) in [5, 5.41) is 3.25. The largest absolute Gasteiger partial charge is 0.497 e. The lowest BCUT2D eigenvalue weighted by atomic mass is 9.76. The summed E-state index contributed by atoms with van der Waals surface area (Å²) >= 11 is 0. The molecule has 238 valence electrons. The maximum atomic E-state index is 14.9. The lowest BCUT2D eigenvalue weighted by molar-refractivity contribution is -0.136. The Labute approximate surface area is 265 Å². The van der Waals surface area contributed by atoms with Crippen molar-refractivity contribution in [3.8, 4) is 5.75 Å². The Hall–Kier alpha value is -4.83. The number of hydrogen-bond acceptors (Lipinski definition) is 6. The van der Waals surface area contributed by atoms with Gasteiger partial charge < -0.3 is 24.3 Å². The van der Waals surface area contributed by atoms with Gasteiger partial charge in [-0.2, -0.15) is 0 Å². The Morgan fingerprint density at radius 1 is 0.870 bits per heavy atom. The number of ketones is 1. The van der Waals surface area contributed by atoms with Crippen molar-refractivity contribution in [3.05, 3.63) is 124 Å². The lowest BCUT2D eigenvalue weighted by Crippen LogP contribution is -2.55. The van der Waals surface area contributed by atoms with Crippen LogP contribution in [-0.4, -0.2) is 66.7 Å². The Balaban J connectivity index is 1.63. The summed E-state index contributed by atoms with van der Waals surface area (Å²) in [6, 6.07) is 17.5. The quantitative estimate of drug-likeness (QED) is 0.274. The number of furan rings is 1. The van der Waals surface area contributed by atoms with Gasteiger partial charge in [-0.25, -0.2) is 8.78 Å². The molecule has 10 heteroatoms. The van der Waals surface area contributed by atoms with E-state index in [0.717, 1.165) is 6.07 Å². The fourth-order valence-corrected chi connectivity index (χ4v) is 6.89. The first kappa shape index (κ1) is 31.2. The molecule has 4 unspecified atom stereocenters. The number of ether oxygens (including phenoxy) is 1. The lowest BCUT2D eigenvalue weighted by Gasteiger charge is -2.36. The smallest absolute Gasteiger partial charge is 0.255 e. The molecule has 8 nitrogen and oxygen atoms in total. The van der Waals surface area contributed by atoms with Crippen LogP contribution in [0.4, 0.5) is 8.78 Å². The average molecular weight is 628 g/mol. The van der Waals surface area contributed by atoms with Crippen LogP contribution >= 0.6 is 0 Å². The molecule has 1 N–H and O–H groups in total. The second kappa shape index (κ2) is 12.9. The van der Waals surface area contributed by atoms with Gasteiger partial charge in [-0.05, 0) is 73.5 Å². The van der Waals surface area contributed by atoms with E-state index in [1.54, 1.807) is 56.2 Å². The van der Waals surface area contributed by atoms with Gasteiger partial charge in [0.25, 0.3) is 5.91 Å². The van der Waals surface area contributed by atoms with E-state index < -0.39 is 41.5 Å². The summed E-state index contributed by atoms with van der Waals surface area (Å²) in [5.41, 5.74) is 1.48. The highest BCUT2D eigenvalue weighted by molar-refractivity contribution is 6.04. The van der Waals surface area contributed by atoms with Crippen molar-refractivity contribution in [2.75, 3.05) is 33.3 Å². The summed E-state index contributed by atoms with van der Waals surface area (Å²) in [6.07, 6.45) is 0. The predicted octanol–water partition coefficient (Wildman–Crippen LogP) is 5.46. The van der Waals surface area contributed by atoms with E-state index in [0.29, 0.717) is 60.1 Å². The summed E-state index contributed by atoms with van der Waals surface area (Å²) < 4.78 is 40.0. The van der Waals surface area contributed by atoms with E-state index in [1.165, 1.54) is 47.4 Å². The highest BCUT2D eigenvalue weighted by atomic mass is 19.1. The molecule has 0 radical (unpaired) electrons. The number of aryl methyl sites for hydroxylation is 2. The van der Waals surface area contributed by atoms with Crippen LogP contribution in [0, 0.1) is 31.4 Å². The first-order chi connectivity index (χ1) is 22.2. The molecule has 1 aromatic heterocycles. The normalized spacial score (nSPS) is 21.3. The molecule has 2 amide bonds. The monoisotopic (exact) mass is 627 g/mol. The molecule has 6 rings (SSSR count). The molecule has 2 saturated heterocycles. The van der Waals surface area contributed by atoms with Crippen LogP contribution in [-0.2, 0) is 4.79 Å². The summed E-state index contributed by atoms with van der Waals surface area (Å²) in [5.74, 6) is -2.66. The standard InChI is InChI=1S/C36H35F2N3O5/c1-21-19-29(22(2)46-21)34(42)31-30(23-9-13-28(45-3)14-10-23)33(36(44)40-17-15-39-16-18-40)41(32(31)24-7-11-26(37)12-8-24)35(43)25-5-4-6-27(38)20-25/h4-14,19-20,30-33,39H,15-18H2,1-3H3. The molecular weight excluding hydrogens is 592 g/mol. The van der Waals surface area contributed by atoms with E-state index in [9.17, 15) is 23.2 Å². The number of nitrogens with one attached hydrogen (secondary N) is 1. The second-order valence-corrected chi connectivity index (χ2v) is 11.8. The number of nitrogens with zero attached hydrogens (tertiary/aromatic N) is 2. The molecule has 0 aliphatic carbocycles. The molecule has 0 bridgehead atoms. The van der Waals surface area contributed by atoms with Crippen LogP contribution in [0.2, 0.25) is 0 Å².